The Morgan fingerprint density at radius 3 is 2.73 bits per heavy atom. The third-order valence-electron chi connectivity index (χ3n) is 4.61. The summed E-state index contributed by atoms with van der Waals surface area (Å²) in [7, 11) is 0. The number of nitrogens with one attached hydrogen (secondary N) is 1. The van der Waals surface area contributed by atoms with E-state index in [1.54, 1.807) is 12.4 Å². The first-order valence-corrected chi connectivity index (χ1v) is 9.00. The monoisotopic (exact) mass is 347 g/mol. The number of aromatic nitrogens is 3. The SMILES string of the molecule is O=C1CCCN1CCCNc1nc(-c2ccncc2)nc2ccccc12. The van der Waals surface area contributed by atoms with Crippen molar-refractivity contribution in [2.75, 3.05) is 25.0 Å². The molecule has 3 aromatic rings. The fourth-order valence-electron chi connectivity index (χ4n) is 3.26. The number of amides is 1. The third-order valence-corrected chi connectivity index (χ3v) is 4.61. The maximum Gasteiger partial charge on any atom is 0.222 e. The van der Waals surface area contributed by atoms with Crippen molar-refractivity contribution in [3.05, 3.63) is 48.8 Å². The summed E-state index contributed by atoms with van der Waals surface area (Å²) in [4.78, 5) is 27.1. The molecule has 0 radical (unpaired) electrons. The topological polar surface area (TPSA) is 71.0 Å². The number of fused-ring (bicyclic) bond motifs is 1. The molecule has 0 atom stereocenters. The van der Waals surface area contributed by atoms with Gasteiger partial charge in [0.1, 0.15) is 5.82 Å². The number of hydrogen-bond acceptors (Lipinski definition) is 5. The van der Waals surface area contributed by atoms with Crippen LogP contribution in [-0.2, 0) is 4.79 Å². The molecule has 0 spiro atoms. The predicted octanol–water partition coefficient (Wildman–Crippen LogP) is 3.12. The van der Waals surface area contributed by atoms with Gasteiger partial charge in [-0.2, -0.15) is 0 Å². The zero-order valence-electron chi connectivity index (χ0n) is 14.6. The van der Waals surface area contributed by atoms with Gasteiger partial charge in [-0.05, 0) is 37.1 Å². The highest BCUT2D eigenvalue weighted by atomic mass is 16.2. The molecule has 0 unspecified atom stereocenters. The Kier molecular flexibility index (Phi) is 4.73. The van der Waals surface area contributed by atoms with Crippen LogP contribution in [0.2, 0.25) is 0 Å². The number of likely N-dealkylation sites (tertiary alicyclic amines) is 1. The highest BCUT2D eigenvalue weighted by Gasteiger charge is 2.19. The summed E-state index contributed by atoms with van der Waals surface area (Å²) >= 11 is 0. The summed E-state index contributed by atoms with van der Waals surface area (Å²) < 4.78 is 0. The van der Waals surface area contributed by atoms with Gasteiger partial charge in [0.05, 0.1) is 5.52 Å². The number of nitrogens with zero attached hydrogens (tertiary/aromatic N) is 4. The number of rotatable bonds is 6. The van der Waals surface area contributed by atoms with E-state index in [9.17, 15) is 4.79 Å². The Balaban J connectivity index is 1.52. The molecule has 0 aliphatic carbocycles. The maximum absolute atomic E-state index is 11.7. The summed E-state index contributed by atoms with van der Waals surface area (Å²) in [5.74, 6) is 1.79. The number of pyridine rings is 1. The van der Waals surface area contributed by atoms with E-state index >= 15 is 0 Å². The second-order valence-electron chi connectivity index (χ2n) is 6.41. The molecule has 1 saturated heterocycles. The number of carbonyl (C=O) groups is 1. The van der Waals surface area contributed by atoms with Gasteiger partial charge in [0.2, 0.25) is 5.91 Å². The molecule has 6 heteroatoms. The number of carbonyl (C=O) groups excluding carboxylic acids is 1. The van der Waals surface area contributed by atoms with Gasteiger partial charge in [0.25, 0.3) is 0 Å². The van der Waals surface area contributed by atoms with Gasteiger partial charge in [-0.25, -0.2) is 9.97 Å². The smallest absolute Gasteiger partial charge is 0.222 e. The highest BCUT2D eigenvalue weighted by molar-refractivity contribution is 5.90. The van der Waals surface area contributed by atoms with Crippen LogP contribution in [-0.4, -0.2) is 45.4 Å². The van der Waals surface area contributed by atoms with Crippen LogP contribution < -0.4 is 5.32 Å². The summed E-state index contributed by atoms with van der Waals surface area (Å²) in [6.45, 7) is 2.45. The second-order valence-corrected chi connectivity index (χ2v) is 6.41. The van der Waals surface area contributed by atoms with Crippen LogP contribution in [0.1, 0.15) is 19.3 Å². The number of hydrogen-bond donors (Lipinski definition) is 1. The Morgan fingerprint density at radius 2 is 1.92 bits per heavy atom. The molecule has 132 valence electrons. The van der Waals surface area contributed by atoms with Gasteiger partial charge in [0.15, 0.2) is 5.82 Å². The van der Waals surface area contributed by atoms with Crippen molar-refractivity contribution < 1.29 is 4.79 Å². The standard InChI is InChI=1S/C20H21N5O/c26-18-7-3-13-25(18)14-4-10-22-20-16-5-1-2-6-17(16)23-19(24-20)15-8-11-21-12-9-15/h1-2,5-6,8-9,11-12H,3-4,7,10,13-14H2,(H,22,23,24). The van der Waals surface area contributed by atoms with Gasteiger partial charge in [-0.1, -0.05) is 12.1 Å². The minimum Gasteiger partial charge on any atom is -0.369 e. The number of anilines is 1. The summed E-state index contributed by atoms with van der Waals surface area (Å²) in [6, 6.07) is 11.8. The van der Waals surface area contributed by atoms with E-state index in [1.165, 1.54) is 0 Å². The largest absolute Gasteiger partial charge is 0.369 e. The molecular weight excluding hydrogens is 326 g/mol. The molecule has 6 nitrogen and oxygen atoms in total. The average Bonchev–Trinajstić information content (AvgIpc) is 3.10. The molecule has 1 aliphatic rings. The van der Waals surface area contributed by atoms with Gasteiger partial charge in [-0.3, -0.25) is 9.78 Å². The predicted molar refractivity (Wildman–Crippen MR) is 102 cm³/mol. The Bertz CT molecular complexity index is 912. The molecule has 26 heavy (non-hydrogen) atoms. The van der Waals surface area contributed by atoms with Crippen molar-refractivity contribution in [1.29, 1.82) is 0 Å². The minimum atomic E-state index is 0.275. The molecule has 0 bridgehead atoms. The zero-order chi connectivity index (χ0) is 17.8. The molecular formula is C20H21N5O. The van der Waals surface area contributed by atoms with Crippen molar-refractivity contribution in [1.82, 2.24) is 19.9 Å². The maximum atomic E-state index is 11.7. The molecule has 1 N–H and O–H groups in total. The Hall–Kier alpha value is -3.02. The molecule has 1 aromatic carbocycles. The first-order valence-electron chi connectivity index (χ1n) is 9.00. The van der Waals surface area contributed by atoms with Gasteiger partial charge in [0, 0.05) is 49.4 Å². The van der Waals surface area contributed by atoms with E-state index in [2.05, 4.69) is 15.3 Å². The molecule has 1 amide bonds. The minimum absolute atomic E-state index is 0.275. The van der Waals surface area contributed by atoms with E-state index in [1.807, 2.05) is 41.3 Å². The number of para-hydroxylation sites is 1. The lowest BCUT2D eigenvalue weighted by Crippen LogP contribution is -2.27. The van der Waals surface area contributed by atoms with Crippen LogP contribution in [0.5, 0.6) is 0 Å². The van der Waals surface area contributed by atoms with Crippen molar-refractivity contribution in [2.24, 2.45) is 0 Å². The molecule has 4 rings (SSSR count). The van der Waals surface area contributed by atoms with E-state index in [4.69, 9.17) is 4.98 Å². The van der Waals surface area contributed by atoms with E-state index in [0.717, 1.165) is 54.8 Å². The fraction of sp³-hybridized carbons (Fsp3) is 0.300. The van der Waals surface area contributed by atoms with Crippen molar-refractivity contribution in [3.8, 4) is 11.4 Å². The summed E-state index contributed by atoms with van der Waals surface area (Å²) in [5, 5.41) is 4.43. The van der Waals surface area contributed by atoms with Crippen molar-refractivity contribution in [3.63, 3.8) is 0 Å². The fourth-order valence-corrected chi connectivity index (χ4v) is 3.26. The van der Waals surface area contributed by atoms with Crippen LogP contribution in [0, 0.1) is 0 Å². The van der Waals surface area contributed by atoms with Crippen LogP contribution in [0.4, 0.5) is 5.82 Å². The number of benzene rings is 1. The third kappa shape index (κ3) is 3.49. The van der Waals surface area contributed by atoms with Crippen molar-refractivity contribution >= 4 is 22.6 Å². The second kappa shape index (κ2) is 7.47. The molecule has 1 fully saturated rings. The lowest BCUT2D eigenvalue weighted by molar-refractivity contribution is -0.127. The molecule has 1 aliphatic heterocycles. The summed E-state index contributed by atoms with van der Waals surface area (Å²) in [5.41, 5.74) is 1.85. The molecule has 3 heterocycles. The highest BCUT2D eigenvalue weighted by Crippen LogP contribution is 2.24. The van der Waals surface area contributed by atoms with Crippen LogP contribution in [0.3, 0.4) is 0 Å². The molecule has 0 saturated carbocycles. The lowest BCUT2D eigenvalue weighted by Gasteiger charge is -2.16. The van der Waals surface area contributed by atoms with Crippen LogP contribution in [0.25, 0.3) is 22.3 Å². The summed E-state index contributed by atoms with van der Waals surface area (Å²) in [6.07, 6.45) is 6.06. The lowest BCUT2D eigenvalue weighted by atomic mass is 10.2. The van der Waals surface area contributed by atoms with Crippen LogP contribution >= 0.6 is 0 Å². The normalized spacial score (nSPS) is 14.2. The zero-order valence-corrected chi connectivity index (χ0v) is 14.6. The Morgan fingerprint density at radius 1 is 1.08 bits per heavy atom. The van der Waals surface area contributed by atoms with E-state index < -0.39 is 0 Å². The first kappa shape index (κ1) is 16.4. The van der Waals surface area contributed by atoms with Gasteiger partial charge >= 0.3 is 0 Å². The van der Waals surface area contributed by atoms with Gasteiger partial charge < -0.3 is 10.2 Å². The Labute approximate surface area is 152 Å². The van der Waals surface area contributed by atoms with E-state index in [-0.39, 0.29) is 5.91 Å². The van der Waals surface area contributed by atoms with Crippen molar-refractivity contribution in [2.45, 2.75) is 19.3 Å². The quantitative estimate of drug-likeness (QED) is 0.694. The van der Waals surface area contributed by atoms with E-state index in [0.29, 0.717) is 12.2 Å². The first-order chi connectivity index (χ1) is 12.8. The van der Waals surface area contributed by atoms with Crippen LogP contribution in [0.15, 0.2) is 48.8 Å². The van der Waals surface area contributed by atoms with Gasteiger partial charge in [-0.15, -0.1) is 0 Å². The molecule has 2 aromatic heterocycles. The average molecular weight is 347 g/mol.